The number of hydrogen-bond acceptors (Lipinski definition) is 4. The van der Waals surface area contributed by atoms with Gasteiger partial charge in [-0.3, -0.25) is 19.7 Å². The van der Waals surface area contributed by atoms with Crippen molar-refractivity contribution in [3.63, 3.8) is 0 Å². The van der Waals surface area contributed by atoms with Crippen LogP contribution < -0.4 is 5.56 Å². The molecule has 1 rings (SSSR count). The van der Waals surface area contributed by atoms with Crippen LogP contribution in [-0.4, -0.2) is 21.0 Å². The van der Waals surface area contributed by atoms with E-state index in [1.165, 1.54) is 0 Å². The summed E-state index contributed by atoms with van der Waals surface area (Å²) in [6.45, 7) is 0. The van der Waals surface area contributed by atoms with Gasteiger partial charge in [0.1, 0.15) is 0 Å². The van der Waals surface area contributed by atoms with Gasteiger partial charge in [0, 0.05) is 6.20 Å². The Hall–Kier alpha value is -2.32. The Morgan fingerprint density at radius 1 is 1.59 bits per heavy atom. The van der Waals surface area contributed by atoms with Gasteiger partial charge in [-0.25, -0.2) is 8.78 Å². The molecule has 0 saturated carbocycles. The zero-order valence-electron chi connectivity index (χ0n) is 8.15. The van der Waals surface area contributed by atoms with E-state index in [-0.39, 0.29) is 0 Å². The number of aliphatic carboxylic acids is 1. The number of nitro groups is 1. The summed E-state index contributed by atoms with van der Waals surface area (Å²) < 4.78 is 25.0. The smallest absolute Gasteiger partial charge is 0.308 e. The maximum absolute atomic E-state index is 12.5. The average Bonchev–Trinajstić information content (AvgIpc) is 2.18. The molecule has 0 atom stereocenters. The third-order valence-electron chi connectivity index (χ3n) is 1.92. The molecule has 1 heterocycles. The molecule has 17 heavy (non-hydrogen) atoms. The molecule has 0 fully saturated rings. The number of alkyl halides is 2. The Morgan fingerprint density at radius 2 is 2.18 bits per heavy atom. The lowest BCUT2D eigenvalue weighted by molar-refractivity contribution is -0.387. The molecule has 0 radical (unpaired) electrons. The van der Waals surface area contributed by atoms with E-state index in [9.17, 15) is 28.5 Å². The first-order valence-corrected chi connectivity index (χ1v) is 4.23. The summed E-state index contributed by atoms with van der Waals surface area (Å²) in [5.41, 5.74) is -4.25. The predicted molar refractivity (Wildman–Crippen MR) is 50.0 cm³/mol. The number of nitrogens with zero attached hydrogens (tertiary/aromatic N) is 1. The summed E-state index contributed by atoms with van der Waals surface area (Å²) in [6.07, 6.45) is -3.43. The number of H-pyrrole nitrogens is 1. The van der Waals surface area contributed by atoms with E-state index in [0.29, 0.717) is 0 Å². The molecular weight excluding hydrogens is 242 g/mol. The molecule has 0 amide bonds. The van der Waals surface area contributed by atoms with Gasteiger partial charge in [-0.2, -0.15) is 0 Å². The van der Waals surface area contributed by atoms with Crippen LogP contribution in [0.4, 0.5) is 14.5 Å². The van der Waals surface area contributed by atoms with Crippen LogP contribution in [0.3, 0.4) is 0 Å². The molecular formula is C8H6F2N2O5. The van der Waals surface area contributed by atoms with Crippen molar-refractivity contribution in [2.75, 3.05) is 0 Å². The van der Waals surface area contributed by atoms with Crippen LogP contribution in [0.2, 0.25) is 0 Å². The Bertz CT molecular complexity index is 525. The summed E-state index contributed by atoms with van der Waals surface area (Å²) >= 11 is 0. The maximum atomic E-state index is 12.5. The van der Waals surface area contributed by atoms with Gasteiger partial charge in [-0.05, 0) is 0 Å². The fraction of sp³-hybridized carbons (Fsp3) is 0.250. The van der Waals surface area contributed by atoms with Crippen LogP contribution in [0.25, 0.3) is 0 Å². The fourth-order valence-corrected chi connectivity index (χ4v) is 1.30. The lowest BCUT2D eigenvalue weighted by Gasteiger charge is -2.04. The van der Waals surface area contributed by atoms with Gasteiger partial charge in [0.25, 0.3) is 17.7 Å². The number of nitrogens with one attached hydrogen (secondary N) is 1. The predicted octanol–water partition coefficient (Wildman–Crippen LogP) is 0.848. The third kappa shape index (κ3) is 2.62. The summed E-state index contributed by atoms with van der Waals surface area (Å²) in [5.74, 6) is -1.43. The molecule has 0 spiro atoms. The molecule has 2 N–H and O–H groups in total. The second-order valence-electron chi connectivity index (χ2n) is 3.03. The molecule has 9 heteroatoms. The Labute approximate surface area is 91.8 Å². The van der Waals surface area contributed by atoms with E-state index in [0.717, 1.165) is 6.20 Å². The second kappa shape index (κ2) is 4.68. The number of carbonyl (C=O) groups is 1. The first-order chi connectivity index (χ1) is 7.84. The number of aromatic amines is 1. The van der Waals surface area contributed by atoms with Crippen molar-refractivity contribution in [2.45, 2.75) is 12.8 Å². The normalized spacial score (nSPS) is 10.5. The van der Waals surface area contributed by atoms with Crippen molar-refractivity contribution < 1.29 is 23.6 Å². The Morgan fingerprint density at radius 3 is 2.59 bits per heavy atom. The minimum atomic E-state index is -3.35. The number of carboxylic acid groups (broad SMARTS) is 1. The summed E-state index contributed by atoms with van der Waals surface area (Å²) in [6, 6.07) is 0. The van der Waals surface area contributed by atoms with Crippen molar-refractivity contribution in [3.8, 4) is 0 Å². The summed E-state index contributed by atoms with van der Waals surface area (Å²) in [5, 5.41) is 19.1. The minimum absolute atomic E-state index is 0.475. The van der Waals surface area contributed by atoms with Crippen molar-refractivity contribution in [1.29, 1.82) is 0 Å². The molecule has 92 valence electrons. The van der Waals surface area contributed by atoms with Gasteiger partial charge in [-0.1, -0.05) is 0 Å². The van der Waals surface area contributed by atoms with Crippen LogP contribution >= 0.6 is 0 Å². The highest BCUT2D eigenvalue weighted by molar-refractivity contribution is 5.72. The van der Waals surface area contributed by atoms with Crippen LogP contribution in [0.5, 0.6) is 0 Å². The minimum Gasteiger partial charge on any atom is -0.481 e. The summed E-state index contributed by atoms with van der Waals surface area (Å²) in [7, 11) is 0. The van der Waals surface area contributed by atoms with Crippen LogP contribution in [0, 0.1) is 10.1 Å². The van der Waals surface area contributed by atoms with Crippen LogP contribution in [0.15, 0.2) is 11.0 Å². The zero-order valence-corrected chi connectivity index (χ0v) is 8.15. The number of aromatic nitrogens is 1. The molecule has 0 bridgehead atoms. The lowest BCUT2D eigenvalue weighted by atomic mass is 10.1. The molecule has 1 aromatic heterocycles. The zero-order chi connectivity index (χ0) is 13.2. The van der Waals surface area contributed by atoms with E-state index in [1.54, 1.807) is 0 Å². The average molecular weight is 248 g/mol. The van der Waals surface area contributed by atoms with Gasteiger partial charge in [0.2, 0.25) is 0 Å². The molecule has 0 saturated heterocycles. The second-order valence-corrected chi connectivity index (χ2v) is 3.03. The maximum Gasteiger partial charge on any atom is 0.308 e. The van der Waals surface area contributed by atoms with Crippen molar-refractivity contribution in [3.05, 3.63) is 37.8 Å². The van der Waals surface area contributed by atoms with Gasteiger partial charge >= 0.3 is 5.97 Å². The summed E-state index contributed by atoms with van der Waals surface area (Å²) in [4.78, 5) is 32.7. The fourth-order valence-electron chi connectivity index (χ4n) is 1.30. The van der Waals surface area contributed by atoms with Crippen LogP contribution in [0.1, 0.15) is 17.6 Å². The van der Waals surface area contributed by atoms with E-state index in [2.05, 4.69) is 0 Å². The first-order valence-electron chi connectivity index (χ1n) is 4.23. The highest BCUT2D eigenvalue weighted by Crippen LogP contribution is 2.28. The number of carboxylic acids is 1. The SMILES string of the molecule is O=C(O)Cc1c[nH]c(=O)c(C(F)F)c1[N+](=O)[O-]. The highest BCUT2D eigenvalue weighted by Gasteiger charge is 2.30. The molecule has 0 aliphatic carbocycles. The lowest BCUT2D eigenvalue weighted by Crippen LogP contribution is -2.18. The first kappa shape index (κ1) is 12.7. The van der Waals surface area contributed by atoms with Gasteiger partial charge in [0.15, 0.2) is 5.56 Å². The van der Waals surface area contributed by atoms with Crippen LogP contribution in [-0.2, 0) is 11.2 Å². The third-order valence-corrected chi connectivity index (χ3v) is 1.92. The standard InChI is InChI=1S/C8H6F2N2O5/c9-7(10)5-6(12(16)17)3(1-4(13)14)2-11-8(5)15/h2,7H,1H2,(H,11,15)(H,13,14). The van der Waals surface area contributed by atoms with E-state index >= 15 is 0 Å². The molecule has 0 unspecified atom stereocenters. The largest absolute Gasteiger partial charge is 0.481 e. The van der Waals surface area contributed by atoms with E-state index in [1.807, 2.05) is 4.98 Å². The molecule has 0 aliphatic heterocycles. The quantitative estimate of drug-likeness (QED) is 0.605. The Kier molecular flexibility index (Phi) is 3.51. The highest BCUT2D eigenvalue weighted by atomic mass is 19.3. The van der Waals surface area contributed by atoms with Crippen molar-refractivity contribution in [1.82, 2.24) is 4.98 Å². The number of hydrogen-bond donors (Lipinski definition) is 2. The molecule has 1 aromatic rings. The molecule has 7 nitrogen and oxygen atoms in total. The van der Waals surface area contributed by atoms with E-state index < -0.39 is 46.1 Å². The number of rotatable bonds is 4. The van der Waals surface area contributed by atoms with Crippen molar-refractivity contribution in [2.24, 2.45) is 0 Å². The van der Waals surface area contributed by atoms with Crippen molar-refractivity contribution >= 4 is 11.7 Å². The number of halogens is 2. The van der Waals surface area contributed by atoms with Gasteiger partial charge < -0.3 is 10.1 Å². The Balaban J connectivity index is 3.53. The van der Waals surface area contributed by atoms with Gasteiger partial charge in [-0.15, -0.1) is 0 Å². The van der Waals surface area contributed by atoms with Gasteiger partial charge in [0.05, 0.1) is 16.9 Å². The number of pyridine rings is 1. The molecule has 0 aromatic carbocycles. The monoisotopic (exact) mass is 248 g/mol. The molecule has 0 aliphatic rings. The van der Waals surface area contributed by atoms with E-state index in [4.69, 9.17) is 5.11 Å². The topological polar surface area (TPSA) is 113 Å².